The molecule has 7 aromatic carbocycles. The number of rotatable bonds is 5. The van der Waals surface area contributed by atoms with Gasteiger partial charge in [0.1, 0.15) is 11.3 Å². The summed E-state index contributed by atoms with van der Waals surface area (Å²) in [6, 6.07) is 60.0. The molecule has 6 heteroatoms. The lowest BCUT2D eigenvalue weighted by Crippen LogP contribution is -2.30. The summed E-state index contributed by atoms with van der Waals surface area (Å²) in [6.45, 7) is 0. The highest BCUT2D eigenvalue weighted by atomic mass is 32.1. The van der Waals surface area contributed by atoms with E-state index in [2.05, 4.69) is 181 Å². The summed E-state index contributed by atoms with van der Waals surface area (Å²) in [5, 5.41) is 3.59. The Labute approximate surface area is 332 Å². The fraction of sp³-hybridized carbons (Fsp3) is 0.0392. The molecule has 0 fully saturated rings. The molecule has 2 aliphatic rings. The predicted molar refractivity (Wildman–Crippen MR) is 234 cm³/mol. The van der Waals surface area contributed by atoms with Gasteiger partial charge in [0.2, 0.25) is 0 Å². The minimum Gasteiger partial charge on any atom is -0.456 e. The molecule has 4 heterocycles. The molecule has 0 spiro atoms. The molecule has 0 saturated carbocycles. The highest BCUT2D eigenvalue weighted by molar-refractivity contribution is 7.25. The van der Waals surface area contributed by atoms with Gasteiger partial charge in [-0.2, -0.15) is 0 Å². The van der Waals surface area contributed by atoms with E-state index in [1.807, 2.05) is 6.07 Å². The number of fused-ring (bicyclic) bond motifs is 10. The molecular weight excluding hydrogens is 717 g/mol. The van der Waals surface area contributed by atoms with Crippen molar-refractivity contribution in [2.75, 3.05) is 4.90 Å². The molecule has 10 aromatic rings. The minimum absolute atomic E-state index is 0.0959. The summed E-state index contributed by atoms with van der Waals surface area (Å²) in [7, 11) is 0. The van der Waals surface area contributed by atoms with Gasteiger partial charge in [-0.15, -0.1) is 11.3 Å². The Morgan fingerprint density at radius 2 is 1.11 bits per heavy atom. The molecule has 2 atom stereocenters. The van der Waals surface area contributed by atoms with E-state index in [1.165, 1.54) is 48.2 Å². The lowest BCUT2D eigenvalue weighted by atomic mass is 9.82. The quantitative estimate of drug-likeness (QED) is 0.175. The van der Waals surface area contributed by atoms with Crippen LogP contribution in [-0.4, -0.2) is 21.0 Å². The molecule has 0 saturated heterocycles. The first-order valence-electron chi connectivity index (χ1n) is 19.3. The Kier molecular flexibility index (Phi) is 7.16. The maximum atomic E-state index is 6.59. The van der Waals surface area contributed by atoms with Crippen molar-refractivity contribution in [3.63, 3.8) is 0 Å². The summed E-state index contributed by atoms with van der Waals surface area (Å²) < 4.78 is 9.07. The molecule has 0 amide bonds. The Morgan fingerprint density at radius 1 is 0.491 bits per heavy atom. The number of benzene rings is 7. The number of thiophene rings is 1. The van der Waals surface area contributed by atoms with Gasteiger partial charge in [0.15, 0.2) is 17.5 Å². The second kappa shape index (κ2) is 12.7. The van der Waals surface area contributed by atoms with Crippen molar-refractivity contribution in [2.45, 2.75) is 12.0 Å². The van der Waals surface area contributed by atoms with Crippen LogP contribution in [0, 0.1) is 0 Å². The van der Waals surface area contributed by atoms with E-state index >= 15 is 0 Å². The molecule has 0 N–H and O–H groups in total. The molecule has 12 rings (SSSR count). The van der Waals surface area contributed by atoms with Crippen molar-refractivity contribution in [1.29, 1.82) is 0 Å². The molecule has 57 heavy (non-hydrogen) atoms. The van der Waals surface area contributed by atoms with Crippen molar-refractivity contribution >= 4 is 59.9 Å². The zero-order valence-electron chi connectivity index (χ0n) is 30.6. The van der Waals surface area contributed by atoms with E-state index in [0.717, 1.165) is 39.0 Å². The summed E-state index contributed by atoms with van der Waals surface area (Å²) in [4.78, 5) is 18.0. The first-order chi connectivity index (χ1) is 28.2. The molecule has 1 aliphatic carbocycles. The van der Waals surface area contributed by atoms with Crippen LogP contribution in [0.25, 0.3) is 82.5 Å². The van der Waals surface area contributed by atoms with E-state index in [-0.39, 0.29) is 12.0 Å². The van der Waals surface area contributed by atoms with E-state index in [1.54, 1.807) is 11.3 Å². The van der Waals surface area contributed by atoms with Gasteiger partial charge in [-0.25, -0.2) is 15.0 Å². The Balaban J connectivity index is 1.01. The van der Waals surface area contributed by atoms with Crippen LogP contribution in [0.15, 0.2) is 180 Å². The largest absolute Gasteiger partial charge is 0.456 e. The number of nitrogens with zero attached hydrogens (tertiary/aromatic N) is 4. The number of hydrogen-bond donors (Lipinski definition) is 0. The third-order valence-electron chi connectivity index (χ3n) is 11.5. The number of aromatic nitrogens is 3. The molecular formula is C51H32N4OS. The highest BCUT2D eigenvalue weighted by Crippen LogP contribution is 2.53. The van der Waals surface area contributed by atoms with Gasteiger partial charge in [-0.05, 0) is 71.3 Å². The maximum Gasteiger partial charge on any atom is 0.164 e. The Morgan fingerprint density at radius 3 is 1.93 bits per heavy atom. The number of anilines is 2. The first kappa shape index (κ1) is 32.1. The third-order valence-corrected chi connectivity index (χ3v) is 12.6. The lowest BCUT2D eigenvalue weighted by Gasteiger charge is -2.30. The number of furan rings is 1. The Bertz CT molecular complexity index is 3200. The van der Waals surface area contributed by atoms with E-state index in [0.29, 0.717) is 17.5 Å². The summed E-state index contributed by atoms with van der Waals surface area (Å²) >= 11 is 1.80. The summed E-state index contributed by atoms with van der Waals surface area (Å²) in [5.74, 6) is 2.89. The third kappa shape index (κ3) is 5.18. The van der Waals surface area contributed by atoms with E-state index < -0.39 is 0 Å². The standard InChI is InChI=1S/C51H32N4OS/c1-3-11-31(12-4-1)32-19-21-33(22-20-32)49-52-50(54-51(53-49)35-23-25-38-37-15-8-10-18-45(37)57-46(38)30-35)34-24-27-43-40(29-34)48-44(56-43)28-26-42-47(48)39-16-7-9-17-41(39)55(42)36-13-5-2-6-14-36/h1-30,42,47H. The van der Waals surface area contributed by atoms with Crippen molar-refractivity contribution < 1.29 is 4.42 Å². The van der Waals surface area contributed by atoms with Gasteiger partial charge in [0.05, 0.1) is 6.04 Å². The van der Waals surface area contributed by atoms with Crippen LogP contribution in [0.4, 0.5) is 11.4 Å². The second-order valence-electron chi connectivity index (χ2n) is 14.7. The SMILES string of the molecule is C1=CC2C(c3ccccc3N2c2ccccc2)c2c1oc1ccc(-c3nc(-c4ccc(-c5ccccc5)cc4)nc(-c4ccc5c(c4)sc4ccccc45)n3)cc21. The van der Waals surface area contributed by atoms with Gasteiger partial charge in [-0.1, -0.05) is 127 Å². The average Bonchev–Trinajstić information content (AvgIpc) is 3.95. The first-order valence-corrected chi connectivity index (χ1v) is 20.1. The zero-order valence-corrected chi connectivity index (χ0v) is 31.4. The monoisotopic (exact) mass is 748 g/mol. The molecule has 3 aromatic heterocycles. The van der Waals surface area contributed by atoms with Gasteiger partial charge < -0.3 is 9.32 Å². The molecule has 268 valence electrons. The van der Waals surface area contributed by atoms with Crippen molar-refractivity contribution in [1.82, 2.24) is 15.0 Å². The molecule has 1 aliphatic heterocycles. The van der Waals surface area contributed by atoms with Crippen LogP contribution < -0.4 is 4.90 Å². The normalized spacial score (nSPS) is 15.6. The maximum absolute atomic E-state index is 6.59. The number of para-hydroxylation sites is 2. The van der Waals surface area contributed by atoms with Gasteiger partial charge >= 0.3 is 0 Å². The van der Waals surface area contributed by atoms with Crippen LogP contribution >= 0.6 is 11.3 Å². The summed E-state index contributed by atoms with van der Waals surface area (Å²) in [6.07, 6.45) is 4.45. The van der Waals surface area contributed by atoms with Crippen LogP contribution in [0.1, 0.15) is 22.8 Å². The zero-order chi connectivity index (χ0) is 37.5. The molecule has 0 bridgehead atoms. The van der Waals surface area contributed by atoms with Crippen molar-refractivity contribution in [2.24, 2.45) is 0 Å². The van der Waals surface area contributed by atoms with Crippen molar-refractivity contribution in [3.05, 3.63) is 193 Å². The number of hydrogen-bond acceptors (Lipinski definition) is 6. The minimum atomic E-state index is 0.0959. The van der Waals surface area contributed by atoms with Crippen LogP contribution in [-0.2, 0) is 0 Å². The van der Waals surface area contributed by atoms with Crippen LogP contribution in [0.2, 0.25) is 0 Å². The second-order valence-corrected chi connectivity index (χ2v) is 15.8. The van der Waals surface area contributed by atoms with E-state index in [9.17, 15) is 0 Å². The average molecular weight is 749 g/mol. The molecule has 5 nitrogen and oxygen atoms in total. The molecule has 2 unspecified atom stereocenters. The Hall–Kier alpha value is -7.15. The molecule has 0 radical (unpaired) electrons. The van der Waals surface area contributed by atoms with Gasteiger partial charge in [0, 0.05) is 65.1 Å². The van der Waals surface area contributed by atoms with Crippen LogP contribution in [0.3, 0.4) is 0 Å². The lowest BCUT2D eigenvalue weighted by molar-refractivity contribution is 0.584. The predicted octanol–water partition coefficient (Wildman–Crippen LogP) is 13.3. The smallest absolute Gasteiger partial charge is 0.164 e. The topological polar surface area (TPSA) is 55.1 Å². The van der Waals surface area contributed by atoms with Crippen molar-refractivity contribution in [3.8, 4) is 45.3 Å². The van der Waals surface area contributed by atoms with Gasteiger partial charge in [0.25, 0.3) is 0 Å². The fourth-order valence-corrected chi connectivity index (χ4v) is 10.0. The summed E-state index contributed by atoms with van der Waals surface area (Å²) in [5.41, 5.74) is 10.9. The van der Waals surface area contributed by atoms with Crippen LogP contribution in [0.5, 0.6) is 0 Å². The van der Waals surface area contributed by atoms with Gasteiger partial charge in [-0.3, -0.25) is 0 Å². The highest BCUT2D eigenvalue weighted by Gasteiger charge is 2.43. The van der Waals surface area contributed by atoms with E-state index in [4.69, 9.17) is 19.4 Å². The fourth-order valence-electron chi connectivity index (χ4n) is 8.86.